The fraction of sp³-hybridized carbons (Fsp3) is 0.0909. The molecule has 0 atom stereocenters. The van der Waals surface area contributed by atoms with Gasteiger partial charge in [-0.15, -0.1) is 0 Å². The second-order valence-corrected chi connectivity index (χ2v) is 7.75. The van der Waals surface area contributed by atoms with Crippen LogP contribution in [0.5, 0.6) is 0 Å². The number of nitro groups is 1. The number of nitro benzene ring substituents is 1. The van der Waals surface area contributed by atoms with Crippen LogP contribution < -0.4 is 0 Å². The normalized spacial score (nSPS) is 15.2. The predicted octanol–water partition coefficient (Wildman–Crippen LogP) is 5.40. The number of non-ortho nitro benzene ring substituents is 1. The van der Waals surface area contributed by atoms with Crippen LogP contribution >= 0.6 is 11.8 Å². The van der Waals surface area contributed by atoms with Crippen LogP contribution in [-0.2, 0) is 11.3 Å². The molecule has 0 radical (unpaired) electrons. The Morgan fingerprint density at radius 2 is 1.73 bits per heavy atom. The standard InChI is InChI=1S/C22H16N2O5S/c1-14-2-4-15(5-3-14)13-23-21(25)20(30-22(23)26)12-18-10-11-19(29-18)16-6-8-17(9-7-16)24(27)28/h2-12H,13H2,1H3/b20-12-. The van der Waals surface area contributed by atoms with E-state index in [1.165, 1.54) is 23.1 Å². The van der Waals surface area contributed by atoms with Gasteiger partial charge >= 0.3 is 0 Å². The number of thioether (sulfide) groups is 1. The molecule has 3 aromatic rings. The van der Waals surface area contributed by atoms with Gasteiger partial charge in [-0.05, 0) is 48.5 Å². The van der Waals surface area contributed by atoms with Gasteiger partial charge in [0.05, 0.1) is 16.4 Å². The molecule has 150 valence electrons. The Labute approximate surface area is 176 Å². The summed E-state index contributed by atoms with van der Waals surface area (Å²) in [6.45, 7) is 2.19. The summed E-state index contributed by atoms with van der Waals surface area (Å²) in [6, 6.07) is 17.0. The minimum absolute atomic E-state index is 0.00668. The highest BCUT2D eigenvalue weighted by Gasteiger charge is 2.35. The lowest BCUT2D eigenvalue weighted by molar-refractivity contribution is -0.384. The van der Waals surface area contributed by atoms with Crippen LogP contribution in [-0.4, -0.2) is 21.0 Å². The number of aryl methyl sites for hydroxylation is 1. The lowest BCUT2D eigenvalue weighted by atomic mass is 10.1. The number of rotatable bonds is 5. The van der Waals surface area contributed by atoms with E-state index < -0.39 is 4.92 Å². The van der Waals surface area contributed by atoms with Gasteiger partial charge < -0.3 is 4.42 Å². The molecule has 4 rings (SSSR count). The van der Waals surface area contributed by atoms with Crippen molar-refractivity contribution >= 4 is 34.7 Å². The summed E-state index contributed by atoms with van der Waals surface area (Å²) >= 11 is 0.873. The molecule has 1 aliphatic heterocycles. The summed E-state index contributed by atoms with van der Waals surface area (Å²) in [5, 5.41) is 10.4. The molecule has 0 aliphatic carbocycles. The minimum atomic E-state index is -0.468. The zero-order chi connectivity index (χ0) is 21.3. The molecule has 0 unspecified atom stereocenters. The van der Waals surface area contributed by atoms with E-state index in [1.807, 2.05) is 31.2 Å². The molecule has 0 bridgehead atoms. The first-order valence-electron chi connectivity index (χ1n) is 9.06. The molecule has 8 heteroatoms. The van der Waals surface area contributed by atoms with Crippen molar-refractivity contribution in [1.82, 2.24) is 4.90 Å². The maximum atomic E-state index is 12.7. The zero-order valence-electron chi connectivity index (χ0n) is 15.9. The van der Waals surface area contributed by atoms with Gasteiger partial charge in [-0.2, -0.15) is 0 Å². The number of amides is 2. The molecule has 0 N–H and O–H groups in total. The van der Waals surface area contributed by atoms with Crippen molar-refractivity contribution in [2.75, 3.05) is 0 Å². The molecule has 2 aromatic carbocycles. The average Bonchev–Trinajstić information content (AvgIpc) is 3.30. The number of benzene rings is 2. The van der Waals surface area contributed by atoms with Gasteiger partial charge in [-0.1, -0.05) is 29.8 Å². The van der Waals surface area contributed by atoms with Crippen LogP contribution in [0.15, 0.2) is 70.0 Å². The highest BCUT2D eigenvalue weighted by molar-refractivity contribution is 8.18. The van der Waals surface area contributed by atoms with Crippen LogP contribution in [0.1, 0.15) is 16.9 Å². The minimum Gasteiger partial charge on any atom is -0.457 e. The third kappa shape index (κ3) is 4.04. The first-order valence-corrected chi connectivity index (χ1v) is 9.88. The van der Waals surface area contributed by atoms with Crippen LogP contribution in [0.2, 0.25) is 0 Å². The van der Waals surface area contributed by atoms with Crippen LogP contribution in [0, 0.1) is 17.0 Å². The maximum Gasteiger partial charge on any atom is 0.293 e. The van der Waals surface area contributed by atoms with E-state index >= 15 is 0 Å². The van der Waals surface area contributed by atoms with Crippen LogP contribution in [0.25, 0.3) is 17.4 Å². The topological polar surface area (TPSA) is 93.7 Å². The van der Waals surface area contributed by atoms with E-state index in [2.05, 4.69) is 0 Å². The van der Waals surface area contributed by atoms with Gasteiger partial charge in [-0.3, -0.25) is 24.6 Å². The fourth-order valence-electron chi connectivity index (χ4n) is 2.97. The second kappa shape index (κ2) is 8.00. The van der Waals surface area contributed by atoms with Gasteiger partial charge in [0, 0.05) is 23.8 Å². The van der Waals surface area contributed by atoms with E-state index in [-0.39, 0.29) is 28.3 Å². The second-order valence-electron chi connectivity index (χ2n) is 6.76. The summed E-state index contributed by atoms with van der Waals surface area (Å²) in [7, 11) is 0. The fourth-order valence-corrected chi connectivity index (χ4v) is 3.79. The van der Waals surface area contributed by atoms with E-state index in [0.29, 0.717) is 17.1 Å². The smallest absolute Gasteiger partial charge is 0.293 e. The van der Waals surface area contributed by atoms with E-state index in [9.17, 15) is 19.7 Å². The third-order valence-electron chi connectivity index (χ3n) is 4.60. The maximum absolute atomic E-state index is 12.7. The molecular formula is C22H16N2O5S. The van der Waals surface area contributed by atoms with Crippen molar-refractivity contribution < 1.29 is 18.9 Å². The Bertz CT molecular complexity index is 1160. The Morgan fingerprint density at radius 3 is 2.40 bits per heavy atom. The molecule has 7 nitrogen and oxygen atoms in total. The van der Waals surface area contributed by atoms with E-state index in [1.54, 1.807) is 24.3 Å². The Kier molecular flexibility index (Phi) is 5.24. The van der Waals surface area contributed by atoms with Crippen molar-refractivity contribution in [2.24, 2.45) is 0 Å². The molecule has 2 heterocycles. The highest BCUT2D eigenvalue weighted by Crippen LogP contribution is 2.34. The SMILES string of the molecule is Cc1ccc(CN2C(=O)S/C(=C\c3ccc(-c4ccc([N+](=O)[O-])cc4)o3)C2=O)cc1. The quantitative estimate of drug-likeness (QED) is 0.312. The van der Waals surface area contributed by atoms with Crippen molar-refractivity contribution in [3.63, 3.8) is 0 Å². The van der Waals surface area contributed by atoms with Gasteiger partial charge in [0.25, 0.3) is 16.8 Å². The predicted molar refractivity (Wildman–Crippen MR) is 113 cm³/mol. The van der Waals surface area contributed by atoms with Crippen molar-refractivity contribution in [3.05, 3.63) is 92.6 Å². The summed E-state index contributed by atoms with van der Waals surface area (Å²) in [5.74, 6) is 0.568. The Balaban J connectivity index is 1.51. The Morgan fingerprint density at radius 1 is 1.03 bits per heavy atom. The molecule has 1 aliphatic rings. The zero-order valence-corrected chi connectivity index (χ0v) is 16.7. The number of imide groups is 1. The first-order chi connectivity index (χ1) is 14.4. The van der Waals surface area contributed by atoms with E-state index in [0.717, 1.165) is 22.9 Å². The van der Waals surface area contributed by atoms with Gasteiger partial charge in [0.1, 0.15) is 11.5 Å². The van der Waals surface area contributed by atoms with Crippen LogP contribution in [0.4, 0.5) is 10.5 Å². The largest absolute Gasteiger partial charge is 0.457 e. The van der Waals surface area contributed by atoms with Crippen molar-refractivity contribution in [3.8, 4) is 11.3 Å². The summed E-state index contributed by atoms with van der Waals surface area (Å²) in [4.78, 5) is 36.8. The van der Waals surface area contributed by atoms with Gasteiger partial charge in [0.2, 0.25) is 0 Å². The molecule has 1 fully saturated rings. The molecule has 30 heavy (non-hydrogen) atoms. The van der Waals surface area contributed by atoms with Crippen LogP contribution in [0.3, 0.4) is 0 Å². The van der Waals surface area contributed by atoms with E-state index in [4.69, 9.17) is 4.42 Å². The van der Waals surface area contributed by atoms with Gasteiger partial charge in [0.15, 0.2) is 0 Å². The lowest BCUT2D eigenvalue weighted by Gasteiger charge is -2.12. The molecule has 1 saturated heterocycles. The first kappa shape index (κ1) is 19.7. The molecular weight excluding hydrogens is 404 g/mol. The number of nitrogens with zero attached hydrogens (tertiary/aromatic N) is 2. The summed E-state index contributed by atoms with van der Waals surface area (Å²) in [6.07, 6.45) is 1.54. The lowest BCUT2D eigenvalue weighted by Crippen LogP contribution is -2.27. The third-order valence-corrected chi connectivity index (χ3v) is 5.51. The number of hydrogen-bond acceptors (Lipinski definition) is 6. The number of furan rings is 1. The van der Waals surface area contributed by atoms with Crippen molar-refractivity contribution in [2.45, 2.75) is 13.5 Å². The molecule has 1 aromatic heterocycles. The summed E-state index contributed by atoms with van der Waals surface area (Å²) < 4.78 is 5.74. The molecule has 0 saturated carbocycles. The number of carbonyl (C=O) groups is 2. The van der Waals surface area contributed by atoms with Gasteiger partial charge in [-0.25, -0.2) is 0 Å². The molecule has 0 spiro atoms. The average molecular weight is 420 g/mol. The monoisotopic (exact) mass is 420 g/mol. The summed E-state index contributed by atoms with van der Waals surface area (Å²) in [5.41, 5.74) is 2.65. The number of hydrogen-bond donors (Lipinski definition) is 0. The highest BCUT2D eigenvalue weighted by atomic mass is 32.2. The molecule has 2 amide bonds. The number of carbonyl (C=O) groups excluding carboxylic acids is 2. The van der Waals surface area contributed by atoms with Crippen molar-refractivity contribution in [1.29, 1.82) is 0 Å². The Hall–Kier alpha value is -3.65.